The van der Waals surface area contributed by atoms with Gasteiger partial charge in [0.2, 0.25) is 0 Å². The number of oxazole rings is 1. The first kappa shape index (κ1) is 13.0. The van der Waals surface area contributed by atoms with E-state index in [1.807, 2.05) is 0 Å². The lowest BCUT2D eigenvalue weighted by Gasteiger charge is -2.20. The van der Waals surface area contributed by atoms with Gasteiger partial charge in [-0.3, -0.25) is 15.3 Å². The number of nitrogens with one attached hydrogen (secondary N) is 2. The van der Waals surface area contributed by atoms with Crippen LogP contribution in [0.25, 0.3) is 0 Å². The predicted molar refractivity (Wildman–Crippen MR) is 61.9 cm³/mol. The standard InChI is InChI=1S/C9H16N6O2/c1-6-7(13-5-17-6)4-15(12-3)9(16)14-8(10)11-2/h5,12H,4H2,1-3H3,(H3,10,11,14,16). The van der Waals surface area contributed by atoms with E-state index in [9.17, 15) is 4.79 Å². The second-order valence-electron chi connectivity index (χ2n) is 3.20. The zero-order valence-electron chi connectivity index (χ0n) is 10.0. The Balaban J connectivity index is 2.66. The average molecular weight is 240 g/mol. The highest BCUT2D eigenvalue weighted by molar-refractivity contribution is 5.95. The smallest absolute Gasteiger partial charge is 0.338 e. The highest BCUT2D eigenvalue weighted by Crippen LogP contribution is 2.06. The summed E-state index contributed by atoms with van der Waals surface area (Å²) in [7, 11) is 3.11. The summed E-state index contributed by atoms with van der Waals surface area (Å²) in [4.78, 5) is 19.3. The number of hydrogen-bond acceptors (Lipinski definition) is 5. The van der Waals surface area contributed by atoms with Crippen LogP contribution in [0.3, 0.4) is 0 Å². The molecule has 0 atom stereocenters. The van der Waals surface area contributed by atoms with Crippen LogP contribution in [0, 0.1) is 6.92 Å². The second kappa shape index (κ2) is 5.85. The molecule has 0 saturated heterocycles. The highest BCUT2D eigenvalue weighted by Gasteiger charge is 2.15. The number of carbonyl (C=O) groups is 1. The molecule has 0 aliphatic heterocycles. The SMILES string of the molecule is C/N=C(/N)NC(=O)N(Cc1ncoc1C)NC. The molecule has 0 bridgehead atoms. The van der Waals surface area contributed by atoms with Crippen LogP contribution in [0.2, 0.25) is 0 Å². The van der Waals surface area contributed by atoms with E-state index in [-0.39, 0.29) is 12.5 Å². The van der Waals surface area contributed by atoms with Gasteiger partial charge in [-0.25, -0.2) is 15.2 Å². The van der Waals surface area contributed by atoms with Gasteiger partial charge in [-0.1, -0.05) is 0 Å². The summed E-state index contributed by atoms with van der Waals surface area (Å²) in [6.45, 7) is 2.04. The van der Waals surface area contributed by atoms with Crippen molar-refractivity contribution in [2.45, 2.75) is 13.5 Å². The minimum atomic E-state index is -0.419. The number of aliphatic imine (C=N–C) groups is 1. The molecule has 4 N–H and O–H groups in total. The highest BCUT2D eigenvalue weighted by atomic mass is 16.3. The number of nitrogens with zero attached hydrogens (tertiary/aromatic N) is 3. The van der Waals surface area contributed by atoms with Gasteiger partial charge in [0.1, 0.15) is 11.5 Å². The van der Waals surface area contributed by atoms with Crippen LogP contribution in [0.15, 0.2) is 15.8 Å². The van der Waals surface area contributed by atoms with Gasteiger partial charge in [0.15, 0.2) is 12.4 Å². The first-order valence-electron chi connectivity index (χ1n) is 4.95. The topological polar surface area (TPSA) is 109 Å². The van der Waals surface area contributed by atoms with Crippen molar-refractivity contribution in [1.29, 1.82) is 0 Å². The summed E-state index contributed by atoms with van der Waals surface area (Å²) in [5.74, 6) is 0.710. The number of guanidine groups is 1. The Labute approximate surface area is 98.9 Å². The van der Waals surface area contributed by atoms with Crippen LogP contribution < -0.4 is 16.5 Å². The molecular weight excluding hydrogens is 224 g/mol. The van der Waals surface area contributed by atoms with Crippen molar-refractivity contribution in [2.24, 2.45) is 10.7 Å². The van der Waals surface area contributed by atoms with Gasteiger partial charge in [-0.15, -0.1) is 0 Å². The van der Waals surface area contributed by atoms with Crippen LogP contribution in [0.4, 0.5) is 4.79 Å². The summed E-state index contributed by atoms with van der Waals surface area (Å²) in [6, 6.07) is -0.419. The molecule has 17 heavy (non-hydrogen) atoms. The van der Waals surface area contributed by atoms with E-state index < -0.39 is 6.03 Å². The Morgan fingerprint density at radius 2 is 2.41 bits per heavy atom. The van der Waals surface area contributed by atoms with Crippen molar-refractivity contribution in [2.75, 3.05) is 14.1 Å². The van der Waals surface area contributed by atoms with Crippen LogP contribution in [0.5, 0.6) is 0 Å². The second-order valence-corrected chi connectivity index (χ2v) is 3.20. The zero-order valence-corrected chi connectivity index (χ0v) is 10.0. The molecule has 0 fully saturated rings. The number of aromatic nitrogens is 1. The third-order valence-corrected chi connectivity index (χ3v) is 2.14. The minimum Gasteiger partial charge on any atom is -0.448 e. The number of rotatable bonds is 3. The van der Waals surface area contributed by atoms with E-state index >= 15 is 0 Å². The normalized spacial score (nSPS) is 11.4. The molecule has 0 saturated carbocycles. The van der Waals surface area contributed by atoms with E-state index in [4.69, 9.17) is 10.2 Å². The van der Waals surface area contributed by atoms with Gasteiger partial charge in [0.25, 0.3) is 0 Å². The Morgan fingerprint density at radius 1 is 1.71 bits per heavy atom. The van der Waals surface area contributed by atoms with Gasteiger partial charge >= 0.3 is 6.03 Å². The number of carbonyl (C=O) groups excluding carboxylic acids is 1. The van der Waals surface area contributed by atoms with Gasteiger partial charge in [0.05, 0.1) is 6.54 Å². The molecule has 1 aromatic rings. The Bertz CT molecular complexity index is 413. The molecule has 2 amide bonds. The van der Waals surface area contributed by atoms with Gasteiger partial charge in [-0.05, 0) is 6.92 Å². The van der Waals surface area contributed by atoms with Crippen LogP contribution in [-0.2, 0) is 6.54 Å². The van der Waals surface area contributed by atoms with Crippen molar-refractivity contribution >= 4 is 12.0 Å². The molecule has 0 aliphatic carbocycles. The van der Waals surface area contributed by atoms with Crippen molar-refractivity contribution < 1.29 is 9.21 Å². The van der Waals surface area contributed by atoms with Crippen LogP contribution >= 0.6 is 0 Å². The summed E-state index contributed by atoms with van der Waals surface area (Å²) >= 11 is 0. The Kier molecular flexibility index (Phi) is 4.46. The maximum Gasteiger partial charge on any atom is 0.338 e. The molecule has 8 nitrogen and oxygen atoms in total. The molecule has 0 spiro atoms. The molecule has 0 aliphatic rings. The van der Waals surface area contributed by atoms with E-state index in [1.165, 1.54) is 18.5 Å². The van der Waals surface area contributed by atoms with Crippen molar-refractivity contribution in [1.82, 2.24) is 20.7 Å². The lowest BCUT2D eigenvalue weighted by Crippen LogP contribution is -2.50. The fraction of sp³-hybridized carbons (Fsp3) is 0.444. The van der Waals surface area contributed by atoms with Crippen molar-refractivity contribution in [3.05, 3.63) is 17.8 Å². The van der Waals surface area contributed by atoms with Crippen LogP contribution in [-0.4, -0.2) is 36.1 Å². The molecule has 0 radical (unpaired) electrons. The zero-order chi connectivity index (χ0) is 12.8. The quantitative estimate of drug-likeness (QED) is 0.377. The first-order chi connectivity index (χ1) is 8.08. The number of hydrogen-bond donors (Lipinski definition) is 3. The summed E-state index contributed by atoms with van der Waals surface area (Å²) in [6.07, 6.45) is 1.33. The number of aryl methyl sites for hydroxylation is 1. The van der Waals surface area contributed by atoms with Gasteiger partial charge < -0.3 is 10.2 Å². The number of nitrogens with two attached hydrogens (primary N) is 1. The van der Waals surface area contributed by atoms with E-state index in [0.717, 1.165) is 0 Å². The number of urea groups is 1. The average Bonchev–Trinajstić information content (AvgIpc) is 2.71. The molecule has 8 heteroatoms. The molecule has 0 unspecified atom stereocenters. The molecule has 1 rings (SSSR count). The van der Waals surface area contributed by atoms with Crippen molar-refractivity contribution in [3.63, 3.8) is 0 Å². The molecule has 1 aromatic heterocycles. The van der Waals surface area contributed by atoms with Crippen molar-refractivity contribution in [3.8, 4) is 0 Å². The predicted octanol–water partition coefficient (Wildman–Crippen LogP) is -0.426. The first-order valence-corrected chi connectivity index (χ1v) is 4.95. The lowest BCUT2D eigenvalue weighted by molar-refractivity contribution is 0.177. The van der Waals surface area contributed by atoms with Gasteiger partial charge in [-0.2, -0.15) is 0 Å². The molecule has 0 aromatic carbocycles. The van der Waals surface area contributed by atoms with Gasteiger partial charge in [0, 0.05) is 14.1 Å². The Morgan fingerprint density at radius 3 is 2.88 bits per heavy atom. The fourth-order valence-corrected chi connectivity index (χ4v) is 1.12. The van der Waals surface area contributed by atoms with E-state index in [2.05, 4.69) is 20.7 Å². The summed E-state index contributed by atoms with van der Waals surface area (Å²) in [5, 5.41) is 3.71. The maximum absolute atomic E-state index is 11.7. The maximum atomic E-state index is 11.7. The molecule has 1 heterocycles. The number of amides is 2. The molecule has 94 valence electrons. The largest absolute Gasteiger partial charge is 0.448 e. The number of hydrazine groups is 1. The summed E-state index contributed by atoms with van der Waals surface area (Å²) < 4.78 is 5.05. The molecular formula is C9H16N6O2. The van der Waals surface area contributed by atoms with E-state index in [1.54, 1.807) is 14.0 Å². The summed E-state index contributed by atoms with van der Waals surface area (Å²) in [5.41, 5.74) is 8.79. The third kappa shape index (κ3) is 3.45. The minimum absolute atomic E-state index is 0.0483. The van der Waals surface area contributed by atoms with E-state index in [0.29, 0.717) is 11.5 Å². The Hall–Kier alpha value is -2.09. The lowest BCUT2D eigenvalue weighted by atomic mass is 10.3. The van der Waals surface area contributed by atoms with Crippen LogP contribution in [0.1, 0.15) is 11.5 Å². The third-order valence-electron chi connectivity index (χ3n) is 2.14. The fourth-order valence-electron chi connectivity index (χ4n) is 1.12. The monoisotopic (exact) mass is 240 g/mol.